The third kappa shape index (κ3) is 0.495. The molecule has 0 spiro atoms. The van der Waals surface area contributed by atoms with Gasteiger partial charge in [-0.25, -0.2) is 0 Å². The number of hydrogen-bond acceptors (Lipinski definition) is 0. The first-order chi connectivity index (χ1) is 3.38. The van der Waals surface area contributed by atoms with E-state index in [1.54, 1.807) is 0 Å². The molecule has 0 unspecified atom stereocenters. The highest BCUT2D eigenvalue weighted by Crippen LogP contribution is 2.53. The van der Waals surface area contributed by atoms with E-state index in [2.05, 4.69) is 0 Å². The standard InChI is InChI=1S/C6H9Cl/c7-6-2-1-4-3-5(4)6/h4-6H,1-3H2/t4-,5+,6+/m0/s1. The zero-order valence-corrected chi connectivity index (χ0v) is 4.99. The largest absolute Gasteiger partial charge is 0.123 e. The Hall–Kier alpha value is 0.290. The van der Waals surface area contributed by atoms with Crippen LogP contribution in [0.4, 0.5) is 0 Å². The summed E-state index contributed by atoms with van der Waals surface area (Å²) in [4.78, 5) is 0. The second kappa shape index (κ2) is 1.17. The van der Waals surface area contributed by atoms with Crippen molar-refractivity contribution in [2.75, 3.05) is 0 Å². The highest BCUT2D eigenvalue weighted by molar-refractivity contribution is 6.21. The number of rotatable bonds is 0. The number of hydrogen-bond donors (Lipinski definition) is 0. The highest BCUT2D eigenvalue weighted by Gasteiger charge is 2.46. The van der Waals surface area contributed by atoms with Crippen LogP contribution in [0.5, 0.6) is 0 Å². The molecule has 1 heteroatoms. The molecule has 2 fully saturated rings. The van der Waals surface area contributed by atoms with Crippen molar-refractivity contribution in [2.24, 2.45) is 11.8 Å². The summed E-state index contributed by atoms with van der Waals surface area (Å²) in [5.74, 6) is 2.00. The first kappa shape index (κ1) is 4.20. The minimum absolute atomic E-state index is 0.560. The zero-order chi connectivity index (χ0) is 4.85. The Balaban J connectivity index is 2.08. The molecule has 0 aromatic rings. The van der Waals surface area contributed by atoms with E-state index < -0.39 is 0 Å². The van der Waals surface area contributed by atoms with Crippen molar-refractivity contribution in [2.45, 2.75) is 24.6 Å². The molecule has 0 heterocycles. The predicted molar refractivity (Wildman–Crippen MR) is 30.5 cm³/mol. The van der Waals surface area contributed by atoms with Gasteiger partial charge in [0, 0.05) is 5.38 Å². The SMILES string of the molecule is Cl[C@@H]1CC[C@H]2C[C@H]21. The van der Waals surface area contributed by atoms with Gasteiger partial charge in [0.15, 0.2) is 0 Å². The molecule has 0 N–H and O–H groups in total. The summed E-state index contributed by atoms with van der Waals surface area (Å²) >= 11 is 5.90. The molecule has 0 amide bonds. The van der Waals surface area contributed by atoms with Crippen molar-refractivity contribution in [3.63, 3.8) is 0 Å². The summed E-state index contributed by atoms with van der Waals surface area (Å²) in [6.07, 6.45) is 4.14. The van der Waals surface area contributed by atoms with Crippen LogP contribution < -0.4 is 0 Å². The van der Waals surface area contributed by atoms with Crippen molar-refractivity contribution in [1.29, 1.82) is 0 Å². The smallest absolute Gasteiger partial charge is 0.0367 e. The summed E-state index contributed by atoms with van der Waals surface area (Å²) in [6, 6.07) is 0. The molecule has 40 valence electrons. The van der Waals surface area contributed by atoms with Gasteiger partial charge in [-0.05, 0) is 31.1 Å². The maximum Gasteiger partial charge on any atom is 0.0367 e. The summed E-state index contributed by atoms with van der Waals surface area (Å²) in [5.41, 5.74) is 0. The van der Waals surface area contributed by atoms with Gasteiger partial charge in [0.2, 0.25) is 0 Å². The summed E-state index contributed by atoms with van der Waals surface area (Å²) < 4.78 is 0. The lowest BCUT2D eigenvalue weighted by Gasteiger charge is -1.95. The fourth-order valence-corrected chi connectivity index (χ4v) is 2.07. The van der Waals surface area contributed by atoms with Gasteiger partial charge in [0.25, 0.3) is 0 Å². The fourth-order valence-electron chi connectivity index (χ4n) is 1.63. The van der Waals surface area contributed by atoms with Gasteiger partial charge in [-0.2, -0.15) is 0 Å². The molecule has 0 radical (unpaired) electrons. The van der Waals surface area contributed by atoms with Crippen LogP contribution in [0.15, 0.2) is 0 Å². The fraction of sp³-hybridized carbons (Fsp3) is 1.00. The van der Waals surface area contributed by atoms with Crippen LogP contribution in [0.3, 0.4) is 0 Å². The topological polar surface area (TPSA) is 0 Å². The van der Waals surface area contributed by atoms with Crippen molar-refractivity contribution in [3.05, 3.63) is 0 Å². The lowest BCUT2D eigenvalue weighted by atomic mass is 10.2. The molecule has 3 atom stereocenters. The molecule has 0 nitrogen and oxygen atoms in total. The van der Waals surface area contributed by atoms with Crippen LogP contribution in [0, 0.1) is 11.8 Å². The Bertz CT molecular complexity index is 90.2. The molecular weight excluding hydrogens is 108 g/mol. The Kier molecular flexibility index (Phi) is 0.699. The average molecular weight is 117 g/mol. The normalized spacial score (nSPS) is 57.0. The summed E-state index contributed by atoms with van der Waals surface area (Å²) in [6.45, 7) is 0. The van der Waals surface area contributed by atoms with Gasteiger partial charge in [0.1, 0.15) is 0 Å². The van der Waals surface area contributed by atoms with Crippen LogP contribution in [-0.4, -0.2) is 5.38 Å². The number of alkyl halides is 1. The van der Waals surface area contributed by atoms with E-state index in [1.807, 2.05) is 0 Å². The molecule has 0 bridgehead atoms. The molecule has 2 aliphatic carbocycles. The van der Waals surface area contributed by atoms with Crippen LogP contribution >= 0.6 is 11.6 Å². The van der Waals surface area contributed by atoms with Gasteiger partial charge in [0.05, 0.1) is 0 Å². The molecular formula is C6H9Cl. The molecule has 0 aromatic carbocycles. The minimum Gasteiger partial charge on any atom is -0.123 e. The Morgan fingerprint density at radius 3 is 2.29 bits per heavy atom. The van der Waals surface area contributed by atoms with Crippen LogP contribution in [0.25, 0.3) is 0 Å². The molecule has 2 rings (SSSR count). The first-order valence-electron chi connectivity index (χ1n) is 3.02. The van der Waals surface area contributed by atoms with Crippen LogP contribution in [0.2, 0.25) is 0 Å². The van der Waals surface area contributed by atoms with Crippen molar-refractivity contribution in [3.8, 4) is 0 Å². The summed E-state index contributed by atoms with van der Waals surface area (Å²) in [7, 11) is 0. The molecule has 2 aliphatic rings. The second-order valence-corrected chi connectivity index (χ2v) is 3.31. The lowest BCUT2D eigenvalue weighted by Crippen LogP contribution is -1.92. The van der Waals surface area contributed by atoms with Gasteiger partial charge in [-0.3, -0.25) is 0 Å². The molecule has 0 aromatic heterocycles. The van der Waals surface area contributed by atoms with Crippen LogP contribution in [0.1, 0.15) is 19.3 Å². The zero-order valence-electron chi connectivity index (χ0n) is 4.23. The summed E-state index contributed by atoms with van der Waals surface area (Å²) in [5, 5.41) is 0.560. The Labute approximate surface area is 48.9 Å². The van der Waals surface area contributed by atoms with E-state index in [0.717, 1.165) is 11.8 Å². The Morgan fingerprint density at radius 2 is 2.14 bits per heavy atom. The number of fused-ring (bicyclic) bond motifs is 1. The van der Waals surface area contributed by atoms with Crippen molar-refractivity contribution < 1.29 is 0 Å². The third-order valence-electron chi connectivity index (χ3n) is 2.26. The first-order valence-corrected chi connectivity index (χ1v) is 3.45. The van der Waals surface area contributed by atoms with Crippen molar-refractivity contribution in [1.82, 2.24) is 0 Å². The predicted octanol–water partition coefficient (Wildman–Crippen LogP) is 2.02. The van der Waals surface area contributed by atoms with E-state index in [-0.39, 0.29) is 0 Å². The van der Waals surface area contributed by atoms with Crippen LogP contribution in [-0.2, 0) is 0 Å². The maximum absolute atomic E-state index is 5.90. The highest BCUT2D eigenvalue weighted by atomic mass is 35.5. The maximum atomic E-state index is 5.90. The van der Waals surface area contributed by atoms with Crippen molar-refractivity contribution >= 4 is 11.6 Å². The van der Waals surface area contributed by atoms with Gasteiger partial charge in [-0.15, -0.1) is 11.6 Å². The molecule has 0 saturated heterocycles. The molecule has 7 heavy (non-hydrogen) atoms. The molecule has 0 aliphatic heterocycles. The minimum atomic E-state index is 0.560. The van der Waals surface area contributed by atoms with E-state index in [0.29, 0.717) is 5.38 Å². The molecule has 2 saturated carbocycles. The quantitative estimate of drug-likeness (QED) is 0.425. The third-order valence-corrected chi connectivity index (χ3v) is 2.80. The van der Waals surface area contributed by atoms with E-state index in [1.165, 1.54) is 19.3 Å². The van der Waals surface area contributed by atoms with E-state index in [9.17, 15) is 0 Å². The Morgan fingerprint density at radius 1 is 1.29 bits per heavy atom. The average Bonchev–Trinajstić information content (AvgIpc) is 2.33. The van der Waals surface area contributed by atoms with Gasteiger partial charge >= 0.3 is 0 Å². The second-order valence-electron chi connectivity index (χ2n) is 2.75. The van der Waals surface area contributed by atoms with Gasteiger partial charge < -0.3 is 0 Å². The van der Waals surface area contributed by atoms with Gasteiger partial charge in [-0.1, -0.05) is 0 Å². The monoisotopic (exact) mass is 116 g/mol. The lowest BCUT2D eigenvalue weighted by molar-refractivity contribution is 0.742. The van der Waals surface area contributed by atoms with E-state index >= 15 is 0 Å². The van der Waals surface area contributed by atoms with E-state index in [4.69, 9.17) is 11.6 Å². The number of halogens is 1.